The van der Waals surface area contributed by atoms with Gasteiger partial charge in [-0.3, -0.25) is 0 Å². The number of rotatable bonds is 6. The van der Waals surface area contributed by atoms with Gasteiger partial charge < -0.3 is 10.1 Å². The predicted octanol–water partition coefficient (Wildman–Crippen LogP) is 4.86. The number of benzene rings is 1. The van der Waals surface area contributed by atoms with Crippen molar-refractivity contribution in [3.63, 3.8) is 0 Å². The zero-order valence-electron chi connectivity index (χ0n) is 12.6. The van der Waals surface area contributed by atoms with E-state index in [2.05, 4.69) is 36.5 Å². The van der Waals surface area contributed by atoms with Crippen LogP contribution in [-0.4, -0.2) is 12.6 Å². The first-order valence-electron chi connectivity index (χ1n) is 8.34. The van der Waals surface area contributed by atoms with Gasteiger partial charge in [0.2, 0.25) is 0 Å². The lowest BCUT2D eigenvalue weighted by Gasteiger charge is -2.30. The molecule has 2 unspecified atom stereocenters. The second kappa shape index (κ2) is 6.51. The maximum atomic E-state index is 5.63. The fourth-order valence-corrected chi connectivity index (χ4v) is 3.46. The molecule has 0 spiro atoms. The molecule has 0 bridgehead atoms. The summed E-state index contributed by atoms with van der Waals surface area (Å²) in [7, 11) is 0. The lowest BCUT2D eigenvalue weighted by atomic mass is 9.82. The molecule has 1 aromatic carbocycles. The van der Waals surface area contributed by atoms with Crippen molar-refractivity contribution >= 4 is 5.69 Å². The van der Waals surface area contributed by atoms with Crippen LogP contribution in [0.1, 0.15) is 51.9 Å². The van der Waals surface area contributed by atoms with E-state index in [0.717, 1.165) is 30.6 Å². The quantitative estimate of drug-likeness (QED) is 0.799. The fraction of sp³-hybridized carbons (Fsp3) is 0.667. The molecule has 2 heteroatoms. The highest BCUT2D eigenvalue weighted by atomic mass is 16.5. The Labute approximate surface area is 122 Å². The summed E-state index contributed by atoms with van der Waals surface area (Å²) in [4.78, 5) is 0. The maximum Gasteiger partial charge on any atom is 0.119 e. The SMILES string of the molecule is CCCOc1ccc(NC2CCCC(C3CC3)C2)cc1. The van der Waals surface area contributed by atoms with Crippen molar-refractivity contribution in [2.24, 2.45) is 11.8 Å². The lowest BCUT2D eigenvalue weighted by molar-refractivity contribution is 0.303. The van der Waals surface area contributed by atoms with Crippen molar-refractivity contribution < 1.29 is 4.74 Å². The maximum absolute atomic E-state index is 5.63. The van der Waals surface area contributed by atoms with Crippen molar-refractivity contribution in [1.82, 2.24) is 0 Å². The van der Waals surface area contributed by atoms with Crippen LogP contribution < -0.4 is 10.1 Å². The lowest BCUT2D eigenvalue weighted by Crippen LogP contribution is -2.28. The van der Waals surface area contributed by atoms with E-state index in [0.29, 0.717) is 6.04 Å². The molecule has 2 saturated carbocycles. The molecule has 110 valence electrons. The van der Waals surface area contributed by atoms with E-state index in [1.54, 1.807) is 0 Å². The Morgan fingerprint density at radius 1 is 1.05 bits per heavy atom. The Morgan fingerprint density at radius 2 is 1.85 bits per heavy atom. The second-order valence-electron chi connectivity index (χ2n) is 6.48. The highest BCUT2D eigenvalue weighted by Gasteiger charge is 2.34. The van der Waals surface area contributed by atoms with Crippen LogP contribution in [0.3, 0.4) is 0 Å². The highest BCUT2D eigenvalue weighted by molar-refractivity contribution is 5.47. The van der Waals surface area contributed by atoms with Crippen LogP contribution >= 0.6 is 0 Å². The summed E-state index contributed by atoms with van der Waals surface area (Å²) in [6, 6.07) is 9.16. The normalized spacial score (nSPS) is 26.2. The number of nitrogens with one attached hydrogen (secondary N) is 1. The van der Waals surface area contributed by atoms with Crippen LogP contribution in [0.25, 0.3) is 0 Å². The average molecular weight is 273 g/mol. The van der Waals surface area contributed by atoms with E-state index in [-0.39, 0.29) is 0 Å². The van der Waals surface area contributed by atoms with Gasteiger partial charge in [-0.2, -0.15) is 0 Å². The molecular formula is C18H27NO. The van der Waals surface area contributed by atoms with Crippen molar-refractivity contribution in [2.75, 3.05) is 11.9 Å². The minimum absolute atomic E-state index is 0.678. The number of anilines is 1. The van der Waals surface area contributed by atoms with Crippen LogP contribution in [0.4, 0.5) is 5.69 Å². The molecule has 3 rings (SSSR count). The zero-order valence-corrected chi connectivity index (χ0v) is 12.6. The summed E-state index contributed by atoms with van der Waals surface area (Å²) in [6.45, 7) is 2.94. The van der Waals surface area contributed by atoms with E-state index >= 15 is 0 Å². The molecule has 0 saturated heterocycles. The molecule has 0 heterocycles. The van der Waals surface area contributed by atoms with Gasteiger partial charge >= 0.3 is 0 Å². The largest absolute Gasteiger partial charge is 0.494 e. The molecule has 0 aliphatic heterocycles. The van der Waals surface area contributed by atoms with Crippen LogP contribution in [0, 0.1) is 11.8 Å². The summed E-state index contributed by atoms with van der Waals surface area (Å²) in [5.41, 5.74) is 1.25. The van der Waals surface area contributed by atoms with Crippen molar-refractivity contribution in [3.05, 3.63) is 24.3 Å². The third-order valence-electron chi connectivity index (χ3n) is 4.70. The third-order valence-corrected chi connectivity index (χ3v) is 4.70. The van der Waals surface area contributed by atoms with E-state index in [1.807, 2.05) is 0 Å². The molecule has 20 heavy (non-hydrogen) atoms. The number of hydrogen-bond donors (Lipinski definition) is 1. The number of ether oxygens (including phenoxy) is 1. The zero-order chi connectivity index (χ0) is 13.8. The van der Waals surface area contributed by atoms with E-state index < -0.39 is 0 Å². The van der Waals surface area contributed by atoms with Crippen LogP contribution in [0.5, 0.6) is 5.75 Å². The fourth-order valence-electron chi connectivity index (χ4n) is 3.46. The molecule has 0 aromatic heterocycles. The smallest absolute Gasteiger partial charge is 0.119 e. The van der Waals surface area contributed by atoms with Gasteiger partial charge in [-0.1, -0.05) is 19.8 Å². The Bertz CT molecular complexity index is 410. The van der Waals surface area contributed by atoms with Gasteiger partial charge in [0.05, 0.1) is 6.61 Å². The van der Waals surface area contributed by atoms with Crippen molar-refractivity contribution in [2.45, 2.75) is 57.9 Å². The summed E-state index contributed by atoms with van der Waals surface area (Å²) >= 11 is 0. The van der Waals surface area contributed by atoms with E-state index in [4.69, 9.17) is 4.74 Å². The molecule has 0 radical (unpaired) electrons. The third kappa shape index (κ3) is 3.68. The van der Waals surface area contributed by atoms with Gasteiger partial charge in [0.15, 0.2) is 0 Å². The Morgan fingerprint density at radius 3 is 2.55 bits per heavy atom. The minimum atomic E-state index is 0.678. The van der Waals surface area contributed by atoms with Crippen molar-refractivity contribution in [3.8, 4) is 5.75 Å². The monoisotopic (exact) mass is 273 g/mol. The standard InChI is InChI=1S/C18H27NO/c1-2-12-20-18-10-8-16(9-11-18)19-17-5-3-4-15(13-17)14-6-7-14/h8-11,14-15,17,19H,2-7,12-13H2,1H3. The minimum Gasteiger partial charge on any atom is -0.494 e. The molecule has 2 aliphatic carbocycles. The summed E-state index contributed by atoms with van der Waals surface area (Å²) in [6.07, 6.45) is 9.60. The molecule has 2 aliphatic rings. The molecule has 2 fully saturated rings. The van der Waals surface area contributed by atoms with Crippen LogP contribution in [-0.2, 0) is 0 Å². The summed E-state index contributed by atoms with van der Waals surface area (Å²) in [5, 5.41) is 3.72. The highest BCUT2D eigenvalue weighted by Crippen LogP contribution is 2.44. The van der Waals surface area contributed by atoms with Gasteiger partial charge in [-0.15, -0.1) is 0 Å². The Balaban J connectivity index is 1.51. The first kappa shape index (κ1) is 13.8. The first-order chi connectivity index (χ1) is 9.85. The first-order valence-corrected chi connectivity index (χ1v) is 8.34. The molecular weight excluding hydrogens is 246 g/mol. The molecule has 1 aromatic rings. The topological polar surface area (TPSA) is 21.3 Å². The predicted molar refractivity (Wildman–Crippen MR) is 84.3 cm³/mol. The van der Waals surface area contributed by atoms with Gasteiger partial charge in [0.1, 0.15) is 5.75 Å². The van der Waals surface area contributed by atoms with Gasteiger partial charge in [0, 0.05) is 11.7 Å². The second-order valence-corrected chi connectivity index (χ2v) is 6.48. The van der Waals surface area contributed by atoms with Gasteiger partial charge in [0.25, 0.3) is 0 Å². The van der Waals surface area contributed by atoms with E-state index in [1.165, 1.54) is 44.2 Å². The Kier molecular flexibility index (Phi) is 4.49. The van der Waals surface area contributed by atoms with Gasteiger partial charge in [-0.05, 0) is 68.2 Å². The average Bonchev–Trinajstić information content (AvgIpc) is 3.32. The summed E-state index contributed by atoms with van der Waals surface area (Å²) in [5.74, 6) is 3.04. The van der Waals surface area contributed by atoms with E-state index in [9.17, 15) is 0 Å². The molecule has 2 nitrogen and oxygen atoms in total. The number of hydrogen-bond acceptors (Lipinski definition) is 2. The molecule has 2 atom stereocenters. The molecule has 1 N–H and O–H groups in total. The van der Waals surface area contributed by atoms with Crippen molar-refractivity contribution in [1.29, 1.82) is 0 Å². The van der Waals surface area contributed by atoms with Crippen LogP contribution in [0.2, 0.25) is 0 Å². The van der Waals surface area contributed by atoms with Crippen LogP contribution in [0.15, 0.2) is 24.3 Å². The Hall–Kier alpha value is -1.18. The summed E-state index contributed by atoms with van der Waals surface area (Å²) < 4.78 is 5.63. The van der Waals surface area contributed by atoms with Gasteiger partial charge in [-0.25, -0.2) is 0 Å². The molecule has 0 amide bonds.